The van der Waals surface area contributed by atoms with Crippen molar-refractivity contribution in [2.24, 2.45) is 11.8 Å². The van der Waals surface area contributed by atoms with Crippen LogP contribution in [0.15, 0.2) is 59.9 Å². The molecule has 3 aliphatic heterocycles. The number of ketones is 1. The number of carbonyl (C=O) groups excluding carboxylic acids is 3. The minimum atomic E-state index is -1.76. The largest absolute Gasteiger partial charge is 0.508 e. The number of aliphatic hydroxyl groups is 4. The molecule has 1 aromatic rings. The summed E-state index contributed by atoms with van der Waals surface area (Å²) in [6.45, 7) is -0.691. The molecule has 5 rings (SSSR count). The highest BCUT2D eigenvalue weighted by Gasteiger charge is 2.60. The molecule has 13 heteroatoms. The number of esters is 2. The van der Waals surface area contributed by atoms with Crippen molar-refractivity contribution in [1.82, 2.24) is 0 Å². The number of hydrogen-bond acceptors (Lipinski definition) is 13. The fourth-order valence-electron chi connectivity index (χ4n) is 5.18. The van der Waals surface area contributed by atoms with Crippen LogP contribution < -0.4 is 0 Å². The minimum absolute atomic E-state index is 0.0621. The Hall–Kier alpha value is -3.59. The quantitative estimate of drug-likeness (QED) is 0.124. The normalized spacial score (nSPS) is 37.0. The maximum atomic E-state index is 13.1. The lowest BCUT2D eigenvalue weighted by Gasteiger charge is -2.44. The van der Waals surface area contributed by atoms with Crippen LogP contribution in [0, 0.1) is 11.8 Å². The summed E-state index contributed by atoms with van der Waals surface area (Å²) in [6.07, 6.45) is -3.92. The second-order valence-electron chi connectivity index (χ2n) is 9.49. The average Bonchev–Trinajstić information content (AvgIpc) is 3.48. The van der Waals surface area contributed by atoms with Crippen LogP contribution >= 0.6 is 0 Å². The van der Waals surface area contributed by atoms with Crippen LogP contribution in [-0.4, -0.2) is 99.6 Å². The Morgan fingerprint density at radius 1 is 1.05 bits per heavy atom. The molecule has 4 aliphatic rings. The standard InChI is InChI=1S/C26H26O13/c1-35-22(33)15-10-36-24(38-25-21(32)20(31)19(30)16(9-27)37-25)17-13(15)6-7-26(17)8-14(23(34)39-26)18(29)11-2-4-12(28)5-3-11/h2-8,10,13,16-17,19-21,24-25,27-28,30-32H,9H2,1H3/t13-,16-,17-,19-,20+,21-,24+,25?,26-/m1/s1. The molecule has 5 N–H and O–H groups in total. The molecule has 0 amide bonds. The van der Waals surface area contributed by atoms with Crippen molar-refractivity contribution in [2.75, 3.05) is 13.7 Å². The van der Waals surface area contributed by atoms with Gasteiger partial charge in [-0.25, -0.2) is 9.59 Å². The number of phenols is 1. The lowest BCUT2D eigenvalue weighted by Crippen LogP contribution is -2.60. The molecule has 0 radical (unpaired) electrons. The van der Waals surface area contributed by atoms with E-state index in [4.69, 9.17) is 23.7 Å². The van der Waals surface area contributed by atoms with E-state index < -0.39 is 78.8 Å². The van der Waals surface area contributed by atoms with Gasteiger partial charge in [-0.05, 0) is 36.4 Å². The molecule has 0 aromatic heterocycles. The van der Waals surface area contributed by atoms with Gasteiger partial charge >= 0.3 is 11.9 Å². The zero-order valence-electron chi connectivity index (χ0n) is 20.4. The van der Waals surface area contributed by atoms with Crippen LogP contribution in [0.2, 0.25) is 0 Å². The van der Waals surface area contributed by atoms with Crippen LogP contribution in [0.25, 0.3) is 0 Å². The van der Waals surface area contributed by atoms with Gasteiger partial charge in [0.05, 0.1) is 31.5 Å². The van der Waals surface area contributed by atoms with Gasteiger partial charge in [-0.1, -0.05) is 6.08 Å². The number of phenolic OH excluding ortho intramolecular Hbond substituents is 1. The highest BCUT2D eigenvalue weighted by molar-refractivity contribution is 6.25. The summed E-state index contributed by atoms with van der Waals surface area (Å²) in [7, 11) is 1.17. The Labute approximate surface area is 221 Å². The van der Waals surface area contributed by atoms with E-state index in [1.165, 1.54) is 43.5 Å². The molecule has 39 heavy (non-hydrogen) atoms. The maximum Gasteiger partial charge on any atom is 0.343 e. The van der Waals surface area contributed by atoms with Gasteiger partial charge in [-0.2, -0.15) is 0 Å². The summed E-state index contributed by atoms with van der Waals surface area (Å²) < 4.78 is 27.5. The van der Waals surface area contributed by atoms with Crippen molar-refractivity contribution in [3.63, 3.8) is 0 Å². The lowest BCUT2D eigenvalue weighted by molar-refractivity contribution is -0.344. The summed E-state index contributed by atoms with van der Waals surface area (Å²) in [4.78, 5) is 38.5. The van der Waals surface area contributed by atoms with Crippen molar-refractivity contribution >= 4 is 17.7 Å². The molecule has 1 fully saturated rings. The molecule has 208 valence electrons. The van der Waals surface area contributed by atoms with Gasteiger partial charge in [-0.15, -0.1) is 0 Å². The number of methoxy groups -OCH3 is 1. The molecule has 1 saturated heterocycles. The lowest BCUT2D eigenvalue weighted by atomic mass is 9.78. The van der Waals surface area contributed by atoms with Gasteiger partial charge < -0.3 is 49.2 Å². The van der Waals surface area contributed by atoms with E-state index >= 15 is 0 Å². The molecule has 0 bridgehead atoms. The first-order valence-corrected chi connectivity index (χ1v) is 12.0. The van der Waals surface area contributed by atoms with Crippen LogP contribution in [0.4, 0.5) is 0 Å². The van der Waals surface area contributed by atoms with Gasteiger partial charge in [0.1, 0.15) is 35.7 Å². The third-order valence-electron chi connectivity index (χ3n) is 7.22. The topological polar surface area (TPSA) is 199 Å². The average molecular weight is 546 g/mol. The Kier molecular flexibility index (Phi) is 7.05. The summed E-state index contributed by atoms with van der Waals surface area (Å²) in [5.74, 6) is -4.24. The number of aliphatic hydroxyl groups excluding tert-OH is 4. The molecule has 1 spiro atoms. The predicted molar refractivity (Wildman–Crippen MR) is 125 cm³/mol. The summed E-state index contributed by atoms with van der Waals surface area (Å²) in [6, 6.07) is 5.28. The van der Waals surface area contributed by atoms with E-state index in [9.17, 15) is 39.9 Å². The molecule has 1 unspecified atom stereocenters. The predicted octanol–water partition coefficient (Wildman–Crippen LogP) is -1.17. The van der Waals surface area contributed by atoms with Crippen molar-refractivity contribution in [2.45, 2.75) is 42.6 Å². The van der Waals surface area contributed by atoms with E-state index in [0.717, 1.165) is 6.26 Å². The Morgan fingerprint density at radius 3 is 2.44 bits per heavy atom. The fourth-order valence-corrected chi connectivity index (χ4v) is 5.18. The van der Waals surface area contributed by atoms with Gasteiger partial charge in [0.25, 0.3) is 0 Å². The smallest absolute Gasteiger partial charge is 0.343 e. The highest BCUT2D eigenvalue weighted by Crippen LogP contribution is 2.50. The molecule has 0 saturated carbocycles. The summed E-state index contributed by atoms with van der Waals surface area (Å²) >= 11 is 0. The van der Waals surface area contributed by atoms with E-state index in [0.29, 0.717) is 0 Å². The first-order chi connectivity index (χ1) is 18.6. The first-order valence-electron chi connectivity index (χ1n) is 12.0. The van der Waals surface area contributed by atoms with Gasteiger partial charge in [0.15, 0.2) is 17.7 Å². The van der Waals surface area contributed by atoms with Crippen LogP contribution in [0.5, 0.6) is 5.75 Å². The Morgan fingerprint density at radius 2 is 1.77 bits per heavy atom. The second kappa shape index (κ2) is 10.2. The Bertz CT molecular complexity index is 1250. The molecular formula is C26H26O13. The number of carbonyl (C=O) groups is 3. The van der Waals surface area contributed by atoms with Gasteiger partial charge in [0, 0.05) is 11.5 Å². The third-order valence-corrected chi connectivity index (χ3v) is 7.22. The minimum Gasteiger partial charge on any atom is -0.508 e. The van der Waals surface area contributed by atoms with Gasteiger partial charge in [0.2, 0.25) is 6.29 Å². The molecule has 9 atom stereocenters. The van der Waals surface area contributed by atoms with Crippen LogP contribution in [0.1, 0.15) is 10.4 Å². The molecule has 1 aromatic carbocycles. The van der Waals surface area contributed by atoms with Crippen molar-refractivity contribution < 1.29 is 63.6 Å². The summed E-state index contributed by atoms with van der Waals surface area (Å²) in [5, 5.41) is 49.7. The number of rotatable bonds is 6. The maximum absolute atomic E-state index is 13.1. The van der Waals surface area contributed by atoms with E-state index in [-0.39, 0.29) is 22.5 Å². The monoisotopic (exact) mass is 546 g/mol. The zero-order valence-corrected chi connectivity index (χ0v) is 20.4. The van der Waals surface area contributed by atoms with E-state index in [1.54, 1.807) is 6.08 Å². The first kappa shape index (κ1) is 27.0. The second-order valence-corrected chi connectivity index (χ2v) is 9.49. The van der Waals surface area contributed by atoms with Crippen LogP contribution in [0.3, 0.4) is 0 Å². The molecular weight excluding hydrogens is 520 g/mol. The number of hydrogen-bond donors (Lipinski definition) is 5. The number of aromatic hydroxyl groups is 1. The molecule has 1 aliphatic carbocycles. The van der Waals surface area contributed by atoms with Crippen LogP contribution in [-0.2, 0) is 33.3 Å². The fraction of sp³-hybridized carbons (Fsp3) is 0.423. The number of Topliss-reactive ketones (excluding diaryl/α,β-unsaturated/α-hetero) is 1. The Balaban J connectivity index is 1.49. The van der Waals surface area contributed by atoms with Crippen molar-refractivity contribution in [3.05, 3.63) is 65.5 Å². The summed E-state index contributed by atoms with van der Waals surface area (Å²) in [5.41, 5.74) is -1.75. The molecule has 13 nitrogen and oxygen atoms in total. The zero-order chi connectivity index (χ0) is 28.1. The van der Waals surface area contributed by atoms with E-state index in [1.807, 2.05) is 0 Å². The van der Waals surface area contributed by atoms with Crippen molar-refractivity contribution in [1.29, 1.82) is 0 Å². The highest BCUT2D eigenvalue weighted by atomic mass is 16.8. The van der Waals surface area contributed by atoms with E-state index in [2.05, 4.69) is 0 Å². The number of fused-ring (bicyclic) bond motifs is 2. The van der Waals surface area contributed by atoms with Crippen molar-refractivity contribution in [3.8, 4) is 5.75 Å². The number of ether oxygens (including phenoxy) is 5. The third kappa shape index (κ3) is 4.52. The van der Waals surface area contributed by atoms with Gasteiger partial charge in [-0.3, -0.25) is 4.79 Å². The number of benzene rings is 1. The SMILES string of the molecule is COC(=O)C1=CO[C@@H](OC2O[C@H](CO)[C@@H](O)[C@H](O)[C@H]2O)[C@H]2[C@@H]1C=C[C@@]21C=C(C(=O)c2ccc(O)cc2)C(=O)O1. The number of allylic oxidation sites excluding steroid dienone is 1. The molecule has 3 heterocycles.